The monoisotopic (exact) mass is 278 g/mol. The SMILES string of the molecule is CC(C(=O)O)c1ccc(Oc2ccc(F)c(F)c2)cc1. The van der Waals surface area contributed by atoms with E-state index in [-0.39, 0.29) is 5.75 Å². The van der Waals surface area contributed by atoms with Gasteiger partial charge >= 0.3 is 5.97 Å². The highest BCUT2D eigenvalue weighted by atomic mass is 19.2. The molecule has 0 aliphatic heterocycles. The normalized spacial score (nSPS) is 11.9. The lowest BCUT2D eigenvalue weighted by molar-refractivity contribution is -0.138. The minimum Gasteiger partial charge on any atom is -0.481 e. The smallest absolute Gasteiger partial charge is 0.310 e. The summed E-state index contributed by atoms with van der Waals surface area (Å²) in [6.45, 7) is 1.58. The number of hydrogen-bond donors (Lipinski definition) is 1. The summed E-state index contributed by atoms with van der Waals surface area (Å²) in [7, 11) is 0. The van der Waals surface area contributed by atoms with E-state index in [0.717, 1.165) is 12.1 Å². The zero-order chi connectivity index (χ0) is 14.7. The second-order valence-electron chi connectivity index (χ2n) is 4.31. The molecule has 3 nitrogen and oxygen atoms in total. The molecular weight excluding hydrogens is 266 g/mol. The summed E-state index contributed by atoms with van der Waals surface area (Å²) in [5.41, 5.74) is 0.634. The standard InChI is InChI=1S/C15H12F2O3/c1-9(15(18)19)10-2-4-11(5-3-10)20-12-6-7-13(16)14(17)8-12/h2-9H,1H3,(H,18,19). The maximum Gasteiger partial charge on any atom is 0.310 e. The van der Waals surface area contributed by atoms with E-state index in [4.69, 9.17) is 9.84 Å². The van der Waals surface area contributed by atoms with E-state index in [1.54, 1.807) is 31.2 Å². The number of carboxylic acids is 1. The highest BCUT2D eigenvalue weighted by molar-refractivity contribution is 5.75. The topological polar surface area (TPSA) is 46.5 Å². The molecule has 0 saturated heterocycles. The second kappa shape index (κ2) is 5.69. The van der Waals surface area contributed by atoms with Crippen LogP contribution in [0.25, 0.3) is 0 Å². The molecule has 104 valence electrons. The van der Waals surface area contributed by atoms with Gasteiger partial charge in [-0.05, 0) is 36.8 Å². The van der Waals surface area contributed by atoms with Crippen LogP contribution in [0.3, 0.4) is 0 Å². The summed E-state index contributed by atoms with van der Waals surface area (Å²) >= 11 is 0. The molecule has 2 aromatic carbocycles. The minimum atomic E-state index is -0.987. The third-order valence-electron chi connectivity index (χ3n) is 2.88. The van der Waals surface area contributed by atoms with Gasteiger partial charge in [-0.2, -0.15) is 0 Å². The third kappa shape index (κ3) is 3.12. The summed E-state index contributed by atoms with van der Waals surface area (Å²) < 4.78 is 31.1. The number of carbonyl (C=O) groups is 1. The first-order valence-corrected chi connectivity index (χ1v) is 5.93. The molecule has 1 N–H and O–H groups in total. The predicted molar refractivity (Wildman–Crippen MR) is 68.9 cm³/mol. The van der Waals surface area contributed by atoms with E-state index in [0.29, 0.717) is 11.3 Å². The molecule has 0 aliphatic carbocycles. The second-order valence-corrected chi connectivity index (χ2v) is 4.31. The molecule has 0 fully saturated rings. The van der Waals surface area contributed by atoms with Gasteiger partial charge < -0.3 is 9.84 Å². The largest absolute Gasteiger partial charge is 0.481 e. The third-order valence-corrected chi connectivity index (χ3v) is 2.88. The number of aliphatic carboxylic acids is 1. The van der Waals surface area contributed by atoms with Gasteiger partial charge in [-0.15, -0.1) is 0 Å². The van der Waals surface area contributed by atoms with Gasteiger partial charge in [-0.3, -0.25) is 4.79 Å². The van der Waals surface area contributed by atoms with Crippen molar-refractivity contribution >= 4 is 5.97 Å². The molecule has 0 saturated carbocycles. The number of carboxylic acid groups (broad SMARTS) is 1. The lowest BCUT2D eigenvalue weighted by Gasteiger charge is -2.09. The van der Waals surface area contributed by atoms with Crippen molar-refractivity contribution in [3.05, 3.63) is 59.7 Å². The van der Waals surface area contributed by atoms with Crippen LogP contribution in [0.1, 0.15) is 18.4 Å². The van der Waals surface area contributed by atoms with E-state index >= 15 is 0 Å². The van der Waals surface area contributed by atoms with Crippen LogP contribution >= 0.6 is 0 Å². The van der Waals surface area contributed by atoms with Gasteiger partial charge in [-0.25, -0.2) is 8.78 Å². The van der Waals surface area contributed by atoms with Gasteiger partial charge in [0.2, 0.25) is 0 Å². The summed E-state index contributed by atoms with van der Waals surface area (Å²) in [4.78, 5) is 10.8. The van der Waals surface area contributed by atoms with E-state index in [9.17, 15) is 13.6 Å². The molecule has 20 heavy (non-hydrogen) atoms. The molecule has 0 aromatic heterocycles. The minimum absolute atomic E-state index is 0.169. The highest BCUT2D eigenvalue weighted by Gasteiger charge is 2.13. The number of benzene rings is 2. The maximum atomic E-state index is 13.0. The van der Waals surface area contributed by atoms with Gasteiger partial charge in [-0.1, -0.05) is 12.1 Å². The summed E-state index contributed by atoms with van der Waals surface area (Å²) in [6, 6.07) is 9.63. The molecule has 0 spiro atoms. The van der Waals surface area contributed by atoms with Crippen LogP contribution in [-0.4, -0.2) is 11.1 Å². The first-order chi connectivity index (χ1) is 9.47. The van der Waals surface area contributed by atoms with Gasteiger partial charge in [0.05, 0.1) is 5.92 Å². The van der Waals surface area contributed by atoms with Crippen LogP contribution in [0.2, 0.25) is 0 Å². The molecule has 0 aliphatic rings. The van der Waals surface area contributed by atoms with Crippen LogP contribution in [0.5, 0.6) is 11.5 Å². The maximum absolute atomic E-state index is 13.0. The Morgan fingerprint density at radius 2 is 1.65 bits per heavy atom. The molecule has 1 atom stereocenters. The Balaban J connectivity index is 2.14. The van der Waals surface area contributed by atoms with Crippen molar-refractivity contribution in [3.63, 3.8) is 0 Å². The zero-order valence-corrected chi connectivity index (χ0v) is 10.6. The van der Waals surface area contributed by atoms with E-state index in [1.807, 2.05) is 0 Å². The molecule has 2 aromatic rings. The predicted octanol–water partition coefficient (Wildman–Crippen LogP) is 3.95. The Morgan fingerprint density at radius 3 is 2.20 bits per heavy atom. The van der Waals surface area contributed by atoms with Crippen molar-refractivity contribution in [2.45, 2.75) is 12.8 Å². The fraction of sp³-hybridized carbons (Fsp3) is 0.133. The highest BCUT2D eigenvalue weighted by Crippen LogP contribution is 2.25. The van der Waals surface area contributed by atoms with Crippen LogP contribution in [-0.2, 0) is 4.79 Å². The van der Waals surface area contributed by atoms with E-state index in [1.165, 1.54) is 6.07 Å². The van der Waals surface area contributed by atoms with Crippen molar-refractivity contribution in [1.82, 2.24) is 0 Å². The summed E-state index contributed by atoms with van der Waals surface area (Å²) in [5, 5.41) is 8.89. The fourth-order valence-electron chi connectivity index (χ4n) is 1.64. The Hall–Kier alpha value is -2.43. The van der Waals surface area contributed by atoms with Crippen LogP contribution < -0.4 is 4.74 Å². The average molecular weight is 278 g/mol. The Kier molecular flexibility index (Phi) is 3.98. The Labute approximate surface area is 114 Å². The van der Waals surface area contributed by atoms with Crippen LogP contribution in [0, 0.1) is 11.6 Å². The quantitative estimate of drug-likeness (QED) is 0.921. The zero-order valence-electron chi connectivity index (χ0n) is 10.6. The van der Waals surface area contributed by atoms with Crippen molar-refractivity contribution in [2.24, 2.45) is 0 Å². The van der Waals surface area contributed by atoms with Crippen LogP contribution in [0.15, 0.2) is 42.5 Å². The molecule has 0 bridgehead atoms. The van der Waals surface area contributed by atoms with Gasteiger partial charge in [0.25, 0.3) is 0 Å². The van der Waals surface area contributed by atoms with Crippen molar-refractivity contribution in [1.29, 1.82) is 0 Å². The van der Waals surface area contributed by atoms with Crippen molar-refractivity contribution < 1.29 is 23.4 Å². The molecular formula is C15H12F2O3. The van der Waals surface area contributed by atoms with E-state index < -0.39 is 23.5 Å². The van der Waals surface area contributed by atoms with Crippen LogP contribution in [0.4, 0.5) is 8.78 Å². The van der Waals surface area contributed by atoms with Crippen molar-refractivity contribution in [3.8, 4) is 11.5 Å². The number of rotatable bonds is 4. The Morgan fingerprint density at radius 1 is 1.05 bits per heavy atom. The lowest BCUT2D eigenvalue weighted by Crippen LogP contribution is -2.06. The first-order valence-electron chi connectivity index (χ1n) is 5.93. The number of ether oxygens (including phenoxy) is 1. The fourth-order valence-corrected chi connectivity index (χ4v) is 1.64. The van der Waals surface area contributed by atoms with Gasteiger partial charge in [0.1, 0.15) is 11.5 Å². The van der Waals surface area contributed by atoms with E-state index in [2.05, 4.69) is 0 Å². The molecule has 0 heterocycles. The average Bonchev–Trinajstić information content (AvgIpc) is 2.43. The first kappa shape index (κ1) is 14.0. The van der Waals surface area contributed by atoms with Gasteiger partial charge in [0.15, 0.2) is 11.6 Å². The lowest BCUT2D eigenvalue weighted by atomic mass is 10.0. The van der Waals surface area contributed by atoms with Gasteiger partial charge in [0, 0.05) is 6.07 Å². The molecule has 0 amide bonds. The summed E-state index contributed by atoms with van der Waals surface area (Å²) in [6.07, 6.45) is 0. The molecule has 5 heteroatoms. The number of halogens is 2. The molecule has 1 unspecified atom stereocenters. The summed E-state index contributed by atoms with van der Waals surface area (Å²) in [5.74, 6) is -2.88. The molecule has 2 rings (SSSR count). The van der Waals surface area contributed by atoms with Crippen molar-refractivity contribution in [2.75, 3.05) is 0 Å². The Bertz CT molecular complexity index is 624. The number of hydrogen-bond acceptors (Lipinski definition) is 2. The molecule has 0 radical (unpaired) electrons.